The van der Waals surface area contributed by atoms with Crippen LogP contribution >= 0.6 is 24.8 Å². The van der Waals surface area contributed by atoms with Gasteiger partial charge >= 0.3 is 0 Å². The summed E-state index contributed by atoms with van der Waals surface area (Å²) in [6, 6.07) is 6.65. The minimum absolute atomic E-state index is 0. The summed E-state index contributed by atoms with van der Waals surface area (Å²) in [4.78, 5) is 14.7. The van der Waals surface area contributed by atoms with Crippen molar-refractivity contribution in [3.8, 4) is 0 Å². The molecule has 1 atom stereocenters. The lowest BCUT2D eigenvalue weighted by molar-refractivity contribution is -0.124. The first-order chi connectivity index (χ1) is 12.1. The van der Waals surface area contributed by atoms with E-state index in [0.717, 1.165) is 44.6 Å². The van der Waals surface area contributed by atoms with Gasteiger partial charge in [-0.3, -0.25) is 4.79 Å². The first-order valence-electron chi connectivity index (χ1n) is 9.57. The molecular formula is C20H32Cl2FN3O. The highest BCUT2D eigenvalue weighted by molar-refractivity contribution is 5.85. The average Bonchev–Trinajstić information content (AvgIpc) is 3.10. The van der Waals surface area contributed by atoms with Crippen LogP contribution in [-0.2, 0) is 4.79 Å². The smallest absolute Gasteiger partial charge is 0.220 e. The number of hydrogen-bond donors (Lipinski definition) is 2. The van der Waals surface area contributed by atoms with Gasteiger partial charge in [0.2, 0.25) is 5.91 Å². The maximum atomic E-state index is 13.0. The highest BCUT2D eigenvalue weighted by atomic mass is 35.5. The van der Waals surface area contributed by atoms with Crippen molar-refractivity contribution in [2.75, 3.05) is 31.1 Å². The number of nitrogens with two attached hydrogens (primary N) is 1. The van der Waals surface area contributed by atoms with Crippen LogP contribution in [-0.4, -0.2) is 32.1 Å². The summed E-state index contributed by atoms with van der Waals surface area (Å²) in [6.07, 6.45) is 7.44. The molecule has 4 nitrogen and oxygen atoms in total. The topological polar surface area (TPSA) is 58.4 Å². The molecule has 1 aliphatic heterocycles. The van der Waals surface area contributed by atoms with Gasteiger partial charge in [-0.2, -0.15) is 0 Å². The van der Waals surface area contributed by atoms with E-state index >= 15 is 0 Å². The molecular weight excluding hydrogens is 388 g/mol. The van der Waals surface area contributed by atoms with Crippen molar-refractivity contribution in [1.82, 2.24) is 5.32 Å². The van der Waals surface area contributed by atoms with Gasteiger partial charge in [0.1, 0.15) is 5.82 Å². The molecule has 1 saturated heterocycles. The molecule has 1 unspecified atom stereocenters. The Morgan fingerprint density at radius 3 is 2.48 bits per heavy atom. The number of nitrogens with one attached hydrogen (secondary N) is 1. The van der Waals surface area contributed by atoms with Crippen molar-refractivity contribution in [3.63, 3.8) is 0 Å². The molecule has 2 fully saturated rings. The Kier molecular flexibility index (Phi) is 9.85. The standard InChI is InChI=1S/C20H30FN3O.2ClH/c21-17-4-6-18(7-5-17)24-11-8-16(14-24)13-23-19(25)12-20(15-22)9-2-1-3-10-20;;/h4-7,16H,1-3,8-15,22H2,(H,23,25);2*1H. The van der Waals surface area contributed by atoms with Crippen LogP contribution in [0.25, 0.3) is 0 Å². The lowest BCUT2D eigenvalue weighted by Crippen LogP contribution is -2.40. The van der Waals surface area contributed by atoms with Crippen molar-refractivity contribution < 1.29 is 9.18 Å². The second-order valence-electron chi connectivity index (χ2n) is 7.82. The summed E-state index contributed by atoms with van der Waals surface area (Å²) in [6.45, 7) is 3.20. The first kappa shape index (κ1) is 24.0. The lowest BCUT2D eigenvalue weighted by Gasteiger charge is -2.35. The highest BCUT2D eigenvalue weighted by Gasteiger charge is 2.33. The van der Waals surface area contributed by atoms with Gasteiger partial charge in [-0.25, -0.2) is 4.39 Å². The largest absolute Gasteiger partial charge is 0.371 e. The van der Waals surface area contributed by atoms with E-state index in [1.165, 1.54) is 31.4 Å². The average molecular weight is 420 g/mol. The monoisotopic (exact) mass is 419 g/mol. The fourth-order valence-electron chi connectivity index (χ4n) is 4.30. The Morgan fingerprint density at radius 1 is 1.19 bits per heavy atom. The third kappa shape index (κ3) is 6.51. The Morgan fingerprint density at radius 2 is 1.85 bits per heavy atom. The fourth-order valence-corrected chi connectivity index (χ4v) is 4.30. The molecule has 7 heteroatoms. The first-order valence-corrected chi connectivity index (χ1v) is 9.57. The van der Waals surface area contributed by atoms with E-state index in [-0.39, 0.29) is 42.0 Å². The van der Waals surface area contributed by atoms with E-state index in [2.05, 4.69) is 10.2 Å². The Labute approximate surface area is 174 Å². The number of rotatable bonds is 6. The van der Waals surface area contributed by atoms with Crippen LogP contribution in [0.3, 0.4) is 0 Å². The van der Waals surface area contributed by atoms with Crippen LogP contribution in [0.4, 0.5) is 10.1 Å². The number of anilines is 1. The van der Waals surface area contributed by atoms with Crippen molar-refractivity contribution in [2.45, 2.75) is 44.9 Å². The van der Waals surface area contributed by atoms with Gasteiger partial charge in [-0.1, -0.05) is 19.3 Å². The molecule has 0 aromatic heterocycles. The van der Waals surface area contributed by atoms with Gasteiger partial charge in [0.15, 0.2) is 0 Å². The van der Waals surface area contributed by atoms with Crippen LogP contribution in [0, 0.1) is 17.2 Å². The molecule has 1 aromatic carbocycles. The van der Waals surface area contributed by atoms with Gasteiger partial charge in [-0.15, -0.1) is 24.8 Å². The number of carbonyl (C=O) groups is 1. The van der Waals surface area contributed by atoms with E-state index in [1.807, 2.05) is 12.1 Å². The molecule has 0 spiro atoms. The zero-order valence-electron chi connectivity index (χ0n) is 15.8. The number of halogens is 3. The minimum Gasteiger partial charge on any atom is -0.371 e. The Balaban J connectivity index is 0.00000182. The Hall–Kier alpha value is -1.04. The van der Waals surface area contributed by atoms with Gasteiger partial charge in [0.25, 0.3) is 0 Å². The zero-order chi connectivity index (χ0) is 17.7. The SMILES string of the molecule is Cl.Cl.NCC1(CC(=O)NCC2CCN(c3ccc(F)cc3)C2)CCCCC1. The summed E-state index contributed by atoms with van der Waals surface area (Å²) in [5.74, 6) is 0.394. The third-order valence-electron chi connectivity index (χ3n) is 5.95. The molecule has 154 valence electrons. The molecule has 3 rings (SSSR count). The third-order valence-corrected chi connectivity index (χ3v) is 5.95. The van der Waals surface area contributed by atoms with Gasteiger partial charge in [-0.05, 0) is 61.4 Å². The number of hydrogen-bond acceptors (Lipinski definition) is 3. The number of benzene rings is 1. The van der Waals surface area contributed by atoms with Gasteiger partial charge < -0.3 is 16.0 Å². The molecule has 2 aliphatic rings. The molecule has 1 aliphatic carbocycles. The van der Waals surface area contributed by atoms with E-state index in [9.17, 15) is 9.18 Å². The van der Waals surface area contributed by atoms with Gasteiger partial charge in [0.05, 0.1) is 0 Å². The predicted octanol–water partition coefficient (Wildman–Crippen LogP) is 3.91. The maximum absolute atomic E-state index is 13.0. The zero-order valence-corrected chi connectivity index (χ0v) is 17.4. The molecule has 1 saturated carbocycles. The normalized spacial score (nSPS) is 21.1. The molecule has 1 heterocycles. The summed E-state index contributed by atoms with van der Waals surface area (Å²) >= 11 is 0. The predicted molar refractivity (Wildman–Crippen MR) is 113 cm³/mol. The summed E-state index contributed by atoms with van der Waals surface area (Å²) in [7, 11) is 0. The lowest BCUT2D eigenvalue weighted by atomic mass is 9.71. The summed E-state index contributed by atoms with van der Waals surface area (Å²) in [5, 5.41) is 3.13. The summed E-state index contributed by atoms with van der Waals surface area (Å²) < 4.78 is 13.0. The van der Waals surface area contributed by atoms with Crippen LogP contribution in [0.15, 0.2) is 24.3 Å². The second kappa shape index (κ2) is 11.1. The van der Waals surface area contributed by atoms with Crippen molar-refractivity contribution in [1.29, 1.82) is 0 Å². The number of nitrogens with zero attached hydrogens (tertiary/aromatic N) is 1. The van der Waals surface area contributed by atoms with E-state index in [0.29, 0.717) is 18.9 Å². The van der Waals surface area contributed by atoms with Crippen molar-refractivity contribution >= 4 is 36.4 Å². The molecule has 1 amide bonds. The van der Waals surface area contributed by atoms with Crippen LogP contribution in [0.2, 0.25) is 0 Å². The number of carbonyl (C=O) groups excluding carboxylic acids is 1. The van der Waals surface area contributed by atoms with Gasteiger partial charge in [0, 0.05) is 31.7 Å². The number of amides is 1. The van der Waals surface area contributed by atoms with Crippen LogP contribution < -0.4 is 16.0 Å². The molecule has 1 aromatic rings. The summed E-state index contributed by atoms with van der Waals surface area (Å²) in [5.41, 5.74) is 7.07. The van der Waals surface area contributed by atoms with Crippen LogP contribution in [0.1, 0.15) is 44.9 Å². The maximum Gasteiger partial charge on any atom is 0.220 e. The molecule has 0 bridgehead atoms. The van der Waals surface area contributed by atoms with E-state index in [1.54, 1.807) is 0 Å². The second-order valence-corrected chi connectivity index (χ2v) is 7.82. The minimum atomic E-state index is -0.205. The van der Waals surface area contributed by atoms with Crippen LogP contribution in [0.5, 0.6) is 0 Å². The molecule has 3 N–H and O–H groups in total. The highest BCUT2D eigenvalue weighted by Crippen LogP contribution is 2.38. The van der Waals surface area contributed by atoms with Crippen molar-refractivity contribution in [3.05, 3.63) is 30.1 Å². The molecule has 27 heavy (non-hydrogen) atoms. The fraction of sp³-hybridized carbons (Fsp3) is 0.650. The Bertz CT molecular complexity index is 579. The molecule has 0 radical (unpaired) electrons. The van der Waals surface area contributed by atoms with E-state index in [4.69, 9.17) is 5.73 Å². The van der Waals surface area contributed by atoms with E-state index < -0.39 is 0 Å². The van der Waals surface area contributed by atoms with Crippen molar-refractivity contribution in [2.24, 2.45) is 17.1 Å². The quantitative estimate of drug-likeness (QED) is 0.734.